The first-order chi connectivity index (χ1) is 21.7. The molecule has 1 aliphatic rings. The molecule has 0 spiro atoms. The summed E-state index contributed by atoms with van der Waals surface area (Å²) in [5.41, 5.74) is 8.91. The van der Waals surface area contributed by atoms with Gasteiger partial charge in [-0.15, -0.1) is 0 Å². The number of amides is 1. The summed E-state index contributed by atoms with van der Waals surface area (Å²) in [5, 5.41) is 21.8. The van der Waals surface area contributed by atoms with Gasteiger partial charge in [0.05, 0.1) is 24.3 Å². The lowest BCUT2D eigenvalue weighted by atomic mass is 9.81. The molecule has 1 amide bonds. The Morgan fingerprint density at radius 2 is 1.61 bits per heavy atom. The maximum Gasteiger partial charge on any atom is 0.307 e. The summed E-state index contributed by atoms with van der Waals surface area (Å²) in [6.07, 6.45) is 1.89. The Balaban J connectivity index is 0.000000752. The number of fused-ring (bicyclic) bond motifs is 3. The van der Waals surface area contributed by atoms with E-state index in [1.165, 1.54) is 18.2 Å². The number of benzene rings is 4. The summed E-state index contributed by atoms with van der Waals surface area (Å²) >= 11 is 7.72. The first-order valence-corrected chi connectivity index (χ1v) is 16.6. The minimum absolute atomic E-state index is 0.0992. The second kappa shape index (κ2) is 15.6. The lowest BCUT2D eigenvalue weighted by Gasteiger charge is -2.36. The molecule has 5 rings (SSSR count). The van der Waals surface area contributed by atoms with Crippen LogP contribution in [0.5, 0.6) is 0 Å². The Labute approximate surface area is 280 Å². The third kappa shape index (κ3) is 8.90. The van der Waals surface area contributed by atoms with Crippen LogP contribution < -0.4 is 9.62 Å². The lowest BCUT2D eigenvalue weighted by Crippen LogP contribution is -2.23. The van der Waals surface area contributed by atoms with Crippen molar-refractivity contribution in [1.29, 1.82) is 0 Å². The molecule has 0 saturated heterocycles. The molecule has 0 atom stereocenters. The fraction of sp³-hybridized carbons (Fsp3) is 0.297. The van der Waals surface area contributed by atoms with Crippen molar-refractivity contribution in [3.63, 3.8) is 0 Å². The van der Waals surface area contributed by atoms with E-state index in [0.717, 1.165) is 50.2 Å². The molecule has 6 nitrogen and oxygen atoms in total. The molecule has 4 aromatic carbocycles. The molecule has 0 bridgehead atoms. The van der Waals surface area contributed by atoms with Gasteiger partial charge in [-0.1, -0.05) is 61.7 Å². The van der Waals surface area contributed by atoms with Gasteiger partial charge in [-0.3, -0.25) is 9.59 Å². The number of nitrogens with one attached hydrogen (secondary N) is 1. The minimum Gasteiger partial charge on any atom is -0.481 e. The molecular weight excluding hydrogens is 623 g/mol. The van der Waals surface area contributed by atoms with E-state index in [1.54, 1.807) is 38.8 Å². The van der Waals surface area contributed by atoms with Crippen LogP contribution in [-0.2, 0) is 17.8 Å². The number of hydrogen-bond acceptors (Lipinski definition) is 5. The number of carboxylic acid groups (broad SMARTS) is 1. The van der Waals surface area contributed by atoms with E-state index in [0.29, 0.717) is 17.3 Å². The molecule has 244 valence electrons. The largest absolute Gasteiger partial charge is 0.481 e. The van der Waals surface area contributed by atoms with Gasteiger partial charge in [0, 0.05) is 28.1 Å². The van der Waals surface area contributed by atoms with E-state index < -0.39 is 17.4 Å². The van der Waals surface area contributed by atoms with Gasteiger partial charge in [0.2, 0.25) is 0 Å². The molecule has 4 aromatic rings. The van der Waals surface area contributed by atoms with Crippen LogP contribution in [0.25, 0.3) is 22.3 Å². The summed E-state index contributed by atoms with van der Waals surface area (Å²) in [7, 11) is 0. The Morgan fingerprint density at radius 3 is 2.17 bits per heavy atom. The highest BCUT2D eigenvalue weighted by atomic mass is 35.5. The fourth-order valence-corrected chi connectivity index (χ4v) is 6.14. The van der Waals surface area contributed by atoms with Crippen LogP contribution in [0.3, 0.4) is 0 Å². The van der Waals surface area contributed by atoms with Crippen LogP contribution in [0.15, 0.2) is 66.7 Å². The molecule has 9 heteroatoms. The van der Waals surface area contributed by atoms with Gasteiger partial charge in [-0.05, 0) is 116 Å². The standard InChI is InChI=1S/C31H26ClFN2O3S.C4H10O.C2H6/c1-17-26(15-27(36)37)28(19-7-9-22(32)10-8-19)18(2)29-25-12-11-24(14-21(25)16-35(39-3)30(17)29)34-31(38)20-5-4-6-23(33)13-20;1-4(2,3)5;1-2/h4-14H,15-16H2,1-3H3,(H,34,38)(H,36,37);5H,1-3H3;1-2H3. The van der Waals surface area contributed by atoms with E-state index in [1.807, 2.05) is 76.4 Å². The Kier molecular flexibility index (Phi) is 12.4. The van der Waals surface area contributed by atoms with E-state index >= 15 is 0 Å². The Bertz CT molecular complexity index is 1710. The molecule has 1 heterocycles. The van der Waals surface area contributed by atoms with Crippen molar-refractivity contribution in [3.05, 3.63) is 105 Å². The highest BCUT2D eigenvalue weighted by Gasteiger charge is 2.30. The Hall–Kier alpha value is -3.85. The van der Waals surface area contributed by atoms with E-state index in [4.69, 9.17) is 16.7 Å². The van der Waals surface area contributed by atoms with Gasteiger partial charge >= 0.3 is 5.97 Å². The third-order valence-corrected chi connectivity index (χ3v) is 8.06. The number of rotatable bonds is 6. The minimum atomic E-state index is -0.891. The summed E-state index contributed by atoms with van der Waals surface area (Å²) in [4.78, 5) is 24.7. The number of aliphatic carboxylic acids is 1. The smallest absolute Gasteiger partial charge is 0.307 e. The zero-order chi connectivity index (χ0) is 34.3. The normalized spacial score (nSPS) is 11.7. The molecule has 0 saturated carbocycles. The van der Waals surface area contributed by atoms with Crippen molar-refractivity contribution in [2.45, 2.75) is 67.0 Å². The number of anilines is 2. The van der Waals surface area contributed by atoms with Crippen molar-refractivity contribution >= 4 is 46.8 Å². The first kappa shape index (κ1) is 36.6. The Morgan fingerprint density at radius 1 is 0.978 bits per heavy atom. The zero-order valence-electron chi connectivity index (χ0n) is 27.6. The number of halogens is 2. The summed E-state index contributed by atoms with van der Waals surface area (Å²) in [6.45, 7) is 13.8. The number of carbonyl (C=O) groups is 2. The number of aliphatic hydroxyl groups is 1. The van der Waals surface area contributed by atoms with Crippen LogP contribution in [0.1, 0.15) is 67.2 Å². The SMILES string of the molecule is CC.CC(C)(C)O.CSN1Cc2cc(NC(=O)c3cccc(F)c3)ccc2-c2c(C)c(-c3ccc(Cl)cc3)c(CC(=O)O)c(C)c21. The molecule has 0 radical (unpaired) electrons. The fourth-order valence-electron chi connectivity index (χ4n) is 5.34. The van der Waals surface area contributed by atoms with Gasteiger partial charge in [-0.25, -0.2) is 4.39 Å². The van der Waals surface area contributed by atoms with Crippen LogP contribution in [0.2, 0.25) is 5.02 Å². The van der Waals surface area contributed by atoms with Crippen LogP contribution in [0.4, 0.5) is 15.8 Å². The average Bonchev–Trinajstić information content (AvgIpc) is 2.99. The second-order valence-corrected chi connectivity index (χ2v) is 12.9. The summed E-state index contributed by atoms with van der Waals surface area (Å²) in [6, 6.07) is 18.8. The topological polar surface area (TPSA) is 89.9 Å². The molecule has 0 fully saturated rings. The third-order valence-electron chi connectivity index (χ3n) is 7.06. The monoisotopic (exact) mass is 664 g/mol. The predicted octanol–water partition coefficient (Wildman–Crippen LogP) is 9.71. The van der Waals surface area contributed by atoms with Gasteiger partial charge in [0.15, 0.2) is 0 Å². The van der Waals surface area contributed by atoms with Gasteiger partial charge in [-0.2, -0.15) is 0 Å². The van der Waals surface area contributed by atoms with Gasteiger partial charge in [0.25, 0.3) is 5.91 Å². The van der Waals surface area contributed by atoms with Gasteiger partial charge < -0.3 is 19.8 Å². The quantitative estimate of drug-likeness (QED) is 0.178. The molecule has 1 aliphatic heterocycles. The van der Waals surface area contributed by atoms with Crippen LogP contribution >= 0.6 is 23.5 Å². The van der Waals surface area contributed by atoms with Crippen molar-refractivity contribution < 1.29 is 24.2 Å². The molecular formula is C37H42ClFN2O4S. The molecule has 0 unspecified atom stereocenters. The summed E-state index contributed by atoms with van der Waals surface area (Å²) in [5.74, 6) is -1.74. The van der Waals surface area contributed by atoms with Crippen molar-refractivity contribution in [3.8, 4) is 22.3 Å². The van der Waals surface area contributed by atoms with Crippen molar-refractivity contribution in [2.75, 3.05) is 15.9 Å². The molecule has 0 aliphatic carbocycles. The van der Waals surface area contributed by atoms with Gasteiger partial charge in [0.1, 0.15) is 5.82 Å². The highest BCUT2D eigenvalue weighted by Crippen LogP contribution is 2.50. The van der Waals surface area contributed by atoms with Crippen molar-refractivity contribution in [1.82, 2.24) is 0 Å². The maximum absolute atomic E-state index is 13.6. The number of carboxylic acids is 1. The van der Waals surface area contributed by atoms with Crippen molar-refractivity contribution in [2.24, 2.45) is 0 Å². The second-order valence-electron chi connectivity index (χ2n) is 11.6. The maximum atomic E-state index is 13.6. The summed E-state index contributed by atoms with van der Waals surface area (Å²) < 4.78 is 15.8. The van der Waals surface area contributed by atoms with E-state index in [9.17, 15) is 19.1 Å². The van der Waals surface area contributed by atoms with Crippen LogP contribution in [-0.4, -0.2) is 33.9 Å². The average molecular weight is 665 g/mol. The first-order valence-electron chi connectivity index (χ1n) is 15.1. The highest BCUT2D eigenvalue weighted by molar-refractivity contribution is 7.99. The van der Waals surface area contributed by atoms with Crippen LogP contribution in [0, 0.1) is 19.7 Å². The number of hydrogen-bond donors (Lipinski definition) is 3. The zero-order valence-corrected chi connectivity index (χ0v) is 29.2. The molecule has 46 heavy (non-hydrogen) atoms. The number of carbonyl (C=O) groups excluding carboxylic acids is 1. The lowest BCUT2D eigenvalue weighted by molar-refractivity contribution is -0.136. The predicted molar refractivity (Wildman–Crippen MR) is 191 cm³/mol. The van der Waals surface area contributed by atoms with E-state index in [2.05, 4.69) is 9.62 Å². The molecule has 3 N–H and O–H groups in total. The number of nitrogens with zero attached hydrogens (tertiary/aromatic N) is 1. The molecule has 0 aromatic heterocycles. The van der Waals surface area contributed by atoms with E-state index in [-0.39, 0.29) is 17.9 Å².